The van der Waals surface area contributed by atoms with Gasteiger partial charge in [0.05, 0.1) is 13.2 Å². The molecule has 1 aromatic carbocycles. The Bertz CT molecular complexity index is 707. The first-order valence-electron chi connectivity index (χ1n) is 9.25. The average molecular weight is 355 g/mol. The summed E-state index contributed by atoms with van der Waals surface area (Å²) in [5, 5.41) is 6.83. The zero-order valence-electron chi connectivity index (χ0n) is 16.0. The maximum absolute atomic E-state index is 5.38. The Morgan fingerprint density at radius 3 is 2.58 bits per heavy atom. The second-order valence-corrected chi connectivity index (χ2v) is 7.59. The standard InChI is InChI=1S/C20H29N5O/c1-20(2,3)16-6-4-5-7-17(16)24-19-14-18(22-15-23-19)21-8-9-25-10-12-26-13-11-25/h4-7,14-15H,8-13H2,1-3H3,(H2,21,22,23,24). The second kappa shape index (κ2) is 8.47. The van der Waals surface area contributed by atoms with Crippen molar-refractivity contribution in [3.05, 3.63) is 42.2 Å². The van der Waals surface area contributed by atoms with Crippen molar-refractivity contribution in [2.24, 2.45) is 0 Å². The first kappa shape index (κ1) is 18.6. The number of rotatable bonds is 6. The van der Waals surface area contributed by atoms with Gasteiger partial charge >= 0.3 is 0 Å². The predicted molar refractivity (Wildman–Crippen MR) is 106 cm³/mol. The minimum Gasteiger partial charge on any atom is -0.379 e. The van der Waals surface area contributed by atoms with Crippen LogP contribution in [0.5, 0.6) is 0 Å². The van der Waals surface area contributed by atoms with Crippen molar-refractivity contribution >= 4 is 17.3 Å². The number of hydrogen-bond acceptors (Lipinski definition) is 6. The summed E-state index contributed by atoms with van der Waals surface area (Å²) < 4.78 is 5.38. The van der Waals surface area contributed by atoms with E-state index in [9.17, 15) is 0 Å². The van der Waals surface area contributed by atoms with Gasteiger partial charge in [0.2, 0.25) is 0 Å². The predicted octanol–water partition coefficient (Wildman–Crippen LogP) is 3.26. The molecule has 0 saturated carbocycles. The molecule has 6 nitrogen and oxygen atoms in total. The van der Waals surface area contributed by atoms with Gasteiger partial charge in [-0.3, -0.25) is 4.90 Å². The molecule has 0 radical (unpaired) electrons. The summed E-state index contributed by atoms with van der Waals surface area (Å²) in [6.45, 7) is 12.1. The van der Waals surface area contributed by atoms with Crippen molar-refractivity contribution in [3.8, 4) is 0 Å². The maximum Gasteiger partial charge on any atom is 0.135 e. The summed E-state index contributed by atoms with van der Waals surface area (Å²) in [6.07, 6.45) is 1.60. The van der Waals surface area contributed by atoms with Crippen molar-refractivity contribution in [1.29, 1.82) is 0 Å². The van der Waals surface area contributed by atoms with E-state index in [-0.39, 0.29) is 5.41 Å². The molecule has 3 rings (SSSR count). The molecule has 1 fully saturated rings. The number of aromatic nitrogens is 2. The summed E-state index contributed by atoms with van der Waals surface area (Å²) in [6, 6.07) is 10.3. The van der Waals surface area contributed by atoms with Crippen molar-refractivity contribution in [3.63, 3.8) is 0 Å². The third-order valence-corrected chi connectivity index (χ3v) is 4.50. The molecule has 1 aromatic heterocycles. The molecular weight excluding hydrogens is 326 g/mol. The minimum absolute atomic E-state index is 0.0653. The summed E-state index contributed by atoms with van der Waals surface area (Å²) in [5.41, 5.74) is 2.41. The van der Waals surface area contributed by atoms with Gasteiger partial charge in [0.15, 0.2) is 0 Å². The lowest BCUT2D eigenvalue weighted by Gasteiger charge is -2.26. The second-order valence-electron chi connectivity index (χ2n) is 7.59. The molecule has 26 heavy (non-hydrogen) atoms. The Balaban J connectivity index is 1.61. The molecule has 1 saturated heterocycles. The van der Waals surface area contributed by atoms with E-state index in [0.717, 1.165) is 56.7 Å². The summed E-state index contributed by atoms with van der Waals surface area (Å²) in [7, 11) is 0. The Kier molecular flexibility index (Phi) is 6.06. The molecule has 2 aromatic rings. The zero-order chi connectivity index (χ0) is 18.4. The van der Waals surface area contributed by atoms with Gasteiger partial charge in [-0.2, -0.15) is 0 Å². The third-order valence-electron chi connectivity index (χ3n) is 4.50. The van der Waals surface area contributed by atoms with Gasteiger partial charge in [0, 0.05) is 37.9 Å². The molecule has 0 atom stereocenters. The van der Waals surface area contributed by atoms with E-state index in [0.29, 0.717) is 0 Å². The molecule has 0 unspecified atom stereocenters. The molecule has 0 aliphatic carbocycles. The van der Waals surface area contributed by atoms with Gasteiger partial charge in [-0.1, -0.05) is 39.0 Å². The monoisotopic (exact) mass is 355 g/mol. The third kappa shape index (κ3) is 5.16. The van der Waals surface area contributed by atoms with Gasteiger partial charge in [0.1, 0.15) is 18.0 Å². The minimum atomic E-state index is 0.0653. The van der Waals surface area contributed by atoms with Crippen LogP contribution in [-0.4, -0.2) is 54.3 Å². The van der Waals surface area contributed by atoms with Crippen LogP contribution in [0.2, 0.25) is 0 Å². The number of nitrogens with zero attached hydrogens (tertiary/aromatic N) is 3. The molecule has 1 aliphatic heterocycles. The van der Waals surface area contributed by atoms with E-state index in [2.05, 4.69) is 64.5 Å². The summed E-state index contributed by atoms with van der Waals surface area (Å²) in [4.78, 5) is 11.1. The van der Waals surface area contributed by atoms with Crippen LogP contribution in [0.1, 0.15) is 26.3 Å². The van der Waals surface area contributed by atoms with E-state index in [1.807, 2.05) is 12.1 Å². The van der Waals surface area contributed by atoms with Crippen molar-refractivity contribution < 1.29 is 4.74 Å². The van der Waals surface area contributed by atoms with Crippen LogP contribution >= 0.6 is 0 Å². The van der Waals surface area contributed by atoms with E-state index in [1.165, 1.54) is 5.56 Å². The lowest BCUT2D eigenvalue weighted by Crippen LogP contribution is -2.39. The number of nitrogens with one attached hydrogen (secondary N) is 2. The van der Waals surface area contributed by atoms with E-state index in [4.69, 9.17) is 4.74 Å². The molecule has 140 valence electrons. The topological polar surface area (TPSA) is 62.3 Å². The number of morpholine rings is 1. The van der Waals surface area contributed by atoms with Crippen LogP contribution in [0.25, 0.3) is 0 Å². The maximum atomic E-state index is 5.38. The molecule has 2 heterocycles. The van der Waals surface area contributed by atoms with Crippen molar-refractivity contribution in [2.75, 3.05) is 50.0 Å². The number of para-hydroxylation sites is 1. The van der Waals surface area contributed by atoms with Crippen LogP contribution in [-0.2, 0) is 10.2 Å². The van der Waals surface area contributed by atoms with E-state index >= 15 is 0 Å². The molecule has 6 heteroatoms. The molecule has 2 N–H and O–H groups in total. The molecule has 0 spiro atoms. The number of anilines is 3. The molecule has 0 bridgehead atoms. The lowest BCUT2D eigenvalue weighted by molar-refractivity contribution is 0.0398. The Morgan fingerprint density at radius 2 is 1.81 bits per heavy atom. The Labute approximate surface area is 156 Å². The summed E-state index contributed by atoms with van der Waals surface area (Å²) >= 11 is 0. The first-order chi connectivity index (χ1) is 12.5. The number of hydrogen-bond donors (Lipinski definition) is 2. The summed E-state index contributed by atoms with van der Waals surface area (Å²) in [5.74, 6) is 1.63. The smallest absolute Gasteiger partial charge is 0.135 e. The molecule has 1 aliphatic rings. The average Bonchev–Trinajstić information content (AvgIpc) is 2.63. The van der Waals surface area contributed by atoms with Gasteiger partial charge in [-0.15, -0.1) is 0 Å². The van der Waals surface area contributed by atoms with E-state index in [1.54, 1.807) is 6.33 Å². The van der Waals surface area contributed by atoms with Crippen LogP contribution in [0.4, 0.5) is 17.3 Å². The lowest BCUT2D eigenvalue weighted by atomic mass is 9.86. The Hall–Kier alpha value is -2.18. The first-order valence-corrected chi connectivity index (χ1v) is 9.25. The highest BCUT2D eigenvalue weighted by atomic mass is 16.5. The van der Waals surface area contributed by atoms with Crippen LogP contribution in [0.15, 0.2) is 36.7 Å². The van der Waals surface area contributed by atoms with Gasteiger partial charge in [0.25, 0.3) is 0 Å². The highest BCUT2D eigenvalue weighted by molar-refractivity contribution is 5.63. The van der Waals surface area contributed by atoms with Gasteiger partial charge in [-0.05, 0) is 17.0 Å². The van der Waals surface area contributed by atoms with Crippen molar-refractivity contribution in [2.45, 2.75) is 26.2 Å². The highest BCUT2D eigenvalue weighted by Crippen LogP contribution is 2.30. The van der Waals surface area contributed by atoms with Crippen LogP contribution in [0, 0.1) is 0 Å². The fourth-order valence-electron chi connectivity index (χ4n) is 3.07. The number of benzene rings is 1. The van der Waals surface area contributed by atoms with E-state index < -0.39 is 0 Å². The quantitative estimate of drug-likeness (QED) is 0.829. The normalized spacial score (nSPS) is 15.7. The zero-order valence-corrected chi connectivity index (χ0v) is 16.0. The SMILES string of the molecule is CC(C)(C)c1ccccc1Nc1cc(NCCN2CCOCC2)ncn1. The molecule has 0 amide bonds. The highest BCUT2D eigenvalue weighted by Gasteiger charge is 2.17. The van der Waals surface area contributed by atoms with Crippen LogP contribution < -0.4 is 10.6 Å². The van der Waals surface area contributed by atoms with Gasteiger partial charge < -0.3 is 15.4 Å². The fourth-order valence-corrected chi connectivity index (χ4v) is 3.07. The number of ether oxygens (including phenoxy) is 1. The fraction of sp³-hybridized carbons (Fsp3) is 0.500. The largest absolute Gasteiger partial charge is 0.379 e. The van der Waals surface area contributed by atoms with Gasteiger partial charge in [-0.25, -0.2) is 9.97 Å². The van der Waals surface area contributed by atoms with Crippen LogP contribution in [0.3, 0.4) is 0 Å². The molecular formula is C20H29N5O. The Morgan fingerprint density at radius 1 is 1.08 bits per heavy atom. The van der Waals surface area contributed by atoms with Crippen molar-refractivity contribution in [1.82, 2.24) is 14.9 Å².